The number of hydrogen-bond donors (Lipinski definition) is 1. The van der Waals surface area contributed by atoms with E-state index in [9.17, 15) is 4.79 Å². The van der Waals surface area contributed by atoms with E-state index in [0.29, 0.717) is 26.3 Å². The Balaban J connectivity index is 1.77. The summed E-state index contributed by atoms with van der Waals surface area (Å²) in [4.78, 5) is 12.3. The first-order valence-corrected chi connectivity index (χ1v) is 6.40. The molecule has 0 radical (unpaired) electrons. The van der Waals surface area contributed by atoms with Crippen LogP contribution in [0.5, 0.6) is 0 Å². The van der Waals surface area contributed by atoms with Gasteiger partial charge in [0.25, 0.3) is 0 Å². The summed E-state index contributed by atoms with van der Waals surface area (Å²) < 4.78 is 11.3. The lowest BCUT2D eigenvalue weighted by Crippen LogP contribution is -2.50. The highest BCUT2D eigenvalue weighted by atomic mass is 16.5. The molecule has 0 spiro atoms. The molecule has 1 aromatic rings. The number of rotatable bonds is 4. The molecule has 19 heavy (non-hydrogen) atoms. The molecular weight excluding hydrogens is 246 g/mol. The van der Waals surface area contributed by atoms with Crippen LogP contribution in [0.1, 0.15) is 12.5 Å². The van der Waals surface area contributed by atoms with E-state index in [4.69, 9.17) is 14.6 Å². The third-order valence-electron chi connectivity index (χ3n) is 3.01. The lowest BCUT2D eigenvalue weighted by molar-refractivity contribution is -0.102. The molecule has 0 aliphatic carbocycles. The Kier molecular flexibility index (Phi) is 4.76. The van der Waals surface area contributed by atoms with E-state index < -0.39 is 6.09 Å². The number of hydrogen-bond acceptors (Lipinski definition) is 3. The molecule has 0 unspecified atom stereocenters. The van der Waals surface area contributed by atoms with Gasteiger partial charge in [-0.1, -0.05) is 30.3 Å². The Morgan fingerprint density at radius 2 is 2.16 bits per heavy atom. The largest absolute Gasteiger partial charge is 0.465 e. The maximum Gasteiger partial charge on any atom is 0.407 e. The fraction of sp³-hybridized carbons (Fsp3) is 0.500. The van der Waals surface area contributed by atoms with Crippen molar-refractivity contribution in [3.05, 3.63) is 35.9 Å². The maximum atomic E-state index is 11.0. The van der Waals surface area contributed by atoms with Crippen LogP contribution in [-0.4, -0.2) is 48.0 Å². The third kappa shape index (κ3) is 4.22. The topological polar surface area (TPSA) is 59.0 Å². The van der Waals surface area contributed by atoms with E-state index in [1.54, 1.807) is 0 Å². The van der Waals surface area contributed by atoms with Gasteiger partial charge in [0.2, 0.25) is 0 Å². The van der Waals surface area contributed by atoms with E-state index in [0.717, 1.165) is 5.56 Å². The number of amides is 1. The summed E-state index contributed by atoms with van der Waals surface area (Å²) in [6.07, 6.45) is -1.18. The van der Waals surface area contributed by atoms with Crippen molar-refractivity contribution in [2.45, 2.75) is 25.7 Å². The quantitative estimate of drug-likeness (QED) is 0.904. The molecule has 1 aliphatic rings. The van der Waals surface area contributed by atoms with Gasteiger partial charge in [-0.3, -0.25) is 0 Å². The Morgan fingerprint density at radius 1 is 1.42 bits per heavy atom. The summed E-state index contributed by atoms with van der Waals surface area (Å²) in [6, 6.07) is 9.87. The number of benzene rings is 1. The molecule has 104 valence electrons. The average Bonchev–Trinajstić information content (AvgIpc) is 2.39. The summed E-state index contributed by atoms with van der Waals surface area (Å²) in [5.74, 6) is 0. The van der Waals surface area contributed by atoms with Gasteiger partial charge < -0.3 is 19.5 Å². The van der Waals surface area contributed by atoms with Crippen molar-refractivity contribution in [3.8, 4) is 0 Å². The summed E-state index contributed by atoms with van der Waals surface area (Å²) in [6.45, 7) is 3.59. The predicted octanol–water partition coefficient (Wildman–Crippen LogP) is 1.97. The molecule has 2 atom stereocenters. The van der Waals surface area contributed by atoms with Crippen molar-refractivity contribution in [1.29, 1.82) is 0 Å². The van der Waals surface area contributed by atoms with Gasteiger partial charge in [0.1, 0.15) is 0 Å². The molecule has 1 saturated heterocycles. The molecular formula is C14H19NO4. The van der Waals surface area contributed by atoms with Gasteiger partial charge in [-0.05, 0) is 12.5 Å². The van der Waals surface area contributed by atoms with Crippen LogP contribution in [0.3, 0.4) is 0 Å². The van der Waals surface area contributed by atoms with Crippen LogP contribution in [-0.2, 0) is 16.1 Å². The first-order valence-electron chi connectivity index (χ1n) is 6.40. The average molecular weight is 265 g/mol. The van der Waals surface area contributed by atoms with E-state index in [2.05, 4.69) is 0 Å². The molecule has 5 heteroatoms. The summed E-state index contributed by atoms with van der Waals surface area (Å²) in [7, 11) is 0. The lowest BCUT2D eigenvalue weighted by atomic mass is 10.2. The smallest absolute Gasteiger partial charge is 0.407 e. The zero-order chi connectivity index (χ0) is 13.7. The first kappa shape index (κ1) is 13.8. The second-order valence-electron chi connectivity index (χ2n) is 4.76. The van der Waals surface area contributed by atoms with Crippen LogP contribution in [0.4, 0.5) is 4.79 Å². The molecule has 0 saturated carbocycles. The Labute approximate surface area is 112 Å². The molecule has 0 aromatic heterocycles. The number of ether oxygens (including phenoxy) is 2. The van der Waals surface area contributed by atoms with Crippen molar-refractivity contribution >= 4 is 6.09 Å². The van der Waals surface area contributed by atoms with Gasteiger partial charge in [0, 0.05) is 0 Å². The van der Waals surface area contributed by atoms with Crippen LogP contribution < -0.4 is 0 Å². The molecule has 1 aromatic carbocycles. The number of morpholine rings is 1. The Morgan fingerprint density at radius 3 is 2.84 bits per heavy atom. The minimum Gasteiger partial charge on any atom is -0.465 e. The first-order chi connectivity index (χ1) is 9.15. The molecule has 2 rings (SSSR count). The summed E-state index contributed by atoms with van der Waals surface area (Å²) >= 11 is 0. The second kappa shape index (κ2) is 6.54. The molecule has 1 aliphatic heterocycles. The minimum atomic E-state index is -0.900. The van der Waals surface area contributed by atoms with Gasteiger partial charge in [0.15, 0.2) is 0 Å². The summed E-state index contributed by atoms with van der Waals surface area (Å²) in [5.41, 5.74) is 1.10. The monoisotopic (exact) mass is 265 g/mol. The van der Waals surface area contributed by atoms with Crippen molar-refractivity contribution < 1.29 is 19.4 Å². The van der Waals surface area contributed by atoms with Crippen LogP contribution in [0.25, 0.3) is 0 Å². The van der Waals surface area contributed by atoms with Gasteiger partial charge >= 0.3 is 6.09 Å². The molecule has 5 nitrogen and oxygen atoms in total. The Hall–Kier alpha value is -1.59. The van der Waals surface area contributed by atoms with E-state index in [1.807, 2.05) is 37.3 Å². The predicted molar refractivity (Wildman–Crippen MR) is 70.0 cm³/mol. The second-order valence-corrected chi connectivity index (χ2v) is 4.76. The van der Waals surface area contributed by atoms with E-state index in [1.165, 1.54) is 4.90 Å². The molecule has 1 heterocycles. The van der Waals surface area contributed by atoms with Crippen LogP contribution in [0.15, 0.2) is 30.3 Å². The van der Waals surface area contributed by atoms with Gasteiger partial charge in [-0.15, -0.1) is 0 Å². The zero-order valence-corrected chi connectivity index (χ0v) is 11.0. The molecule has 0 bridgehead atoms. The van der Waals surface area contributed by atoms with E-state index >= 15 is 0 Å². The van der Waals surface area contributed by atoms with Gasteiger partial charge in [0.05, 0.1) is 38.5 Å². The standard InChI is InChI=1S/C14H19NO4/c1-11-7-15(14(16)17)8-13(19-11)10-18-9-12-5-3-2-4-6-12/h2-6,11,13H,7-10H2,1H3,(H,16,17)/t11-,13-/m0/s1. The van der Waals surface area contributed by atoms with Crippen LogP contribution in [0, 0.1) is 0 Å². The fourth-order valence-corrected chi connectivity index (χ4v) is 2.18. The summed E-state index contributed by atoms with van der Waals surface area (Å²) in [5, 5.41) is 9.01. The third-order valence-corrected chi connectivity index (χ3v) is 3.01. The van der Waals surface area contributed by atoms with Gasteiger partial charge in [-0.2, -0.15) is 0 Å². The number of nitrogens with zero attached hydrogens (tertiary/aromatic N) is 1. The zero-order valence-electron chi connectivity index (χ0n) is 11.0. The highest BCUT2D eigenvalue weighted by Gasteiger charge is 2.28. The molecule has 1 N–H and O–H groups in total. The lowest BCUT2D eigenvalue weighted by Gasteiger charge is -2.34. The fourth-order valence-electron chi connectivity index (χ4n) is 2.18. The SMILES string of the molecule is C[C@H]1CN(C(=O)O)C[C@@H](COCc2ccccc2)O1. The van der Waals surface area contributed by atoms with Crippen molar-refractivity contribution in [3.63, 3.8) is 0 Å². The van der Waals surface area contributed by atoms with Crippen LogP contribution in [0.2, 0.25) is 0 Å². The number of carboxylic acid groups (broad SMARTS) is 1. The molecule has 1 amide bonds. The Bertz CT molecular complexity index is 409. The van der Waals surface area contributed by atoms with Gasteiger partial charge in [-0.25, -0.2) is 4.79 Å². The maximum absolute atomic E-state index is 11.0. The van der Waals surface area contributed by atoms with Crippen molar-refractivity contribution in [1.82, 2.24) is 4.90 Å². The number of carbonyl (C=O) groups is 1. The highest BCUT2D eigenvalue weighted by molar-refractivity contribution is 5.65. The van der Waals surface area contributed by atoms with E-state index in [-0.39, 0.29) is 12.2 Å². The molecule has 1 fully saturated rings. The van der Waals surface area contributed by atoms with Crippen molar-refractivity contribution in [2.24, 2.45) is 0 Å². The van der Waals surface area contributed by atoms with Crippen LogP contribution >= 0.6 is 0 Å². The van der Waals surface area contributed by atoms with Crippen molar-refractivity contribution in [2.75, 3.05) is 19.7 Å². The normalized spacial score (nSPS) is 23.3. The highest BCUT2D eigenvalue weighted by Crippen LogP contribution is 2.12. The minimum absolute atomic E-state index is 0.0878.